The van der Waals surface area contributed by atoms with Crippen molar-refractivity contribution >= 4 is 34.5 Å². The summed E-state index contributed by atoms with van der Waals surface area (Å²) in [6.45, 7) is 3.28. The van der Waals surface area contributed by atoms with Crippen molar-refractivity contribution in [1.82, 2.24) is 14.5 Å². The molecule has 1 atom stereocenters. The zero-order valence-corrected chi connectivity index (χ0v) is 19.7. The smallest absolute Gasteiger partial charge is 0.235 e. The van der Waals surface area contributed by atoms with Gasteiger partial charge in [0, 0.05) is 62.3 Å². The lowest BCUT2D eigenvalue weighted by molar-refractivity contribution is -0.134. The second-order valence-corrected chi connectivity index (χ2v) is 9.63. The third kappa shape index (κ3) is 3.64. The fraction of sp³-hybridized carbons (Fsp3) is 0.370. The number of nitrogens with zero attached hydrogens (tertiary/aromatic N) is 4. The molecule has 3 aliphatic rings. The van der Waals surface area contributed by atoms with E-state index in [4.69, 9.17) is 4.74 Å². The second kappa shape index (κ2) is 8.45. The summed E-state index contributed by atoms with van der Waals surface area (Å²) in [5.41, 5.74) is 2.81. The lowest BCUT2D eigenvalue weighted by Gasteiger charge is -2.35. The number of carbonyl (C=O) groups is 2. The Morgan fingerprint density at radius 1 is 1.17 bits per heavy atom. The number of rotatable bonds is 3. The van der Waals surface area contributed by atoms with Gasteiger partial charge in [0.2, 0.25) is 11.7 Å². The highest BCUT2D eigenvalue weighted by atomic mass is 16.5. The first-order valence-corrected chi connectivity index (χ1v) is 12.3. The maximum atomic E-state index is 13.1. The number of allylic oxidation sites excluding steroid dienone is 1. The Morgan fingerprint density at radius 3 is 2.80 bits per heavy atom. The topological polar surface area (TPSA) is 87.9 Å². The van der Waals surface area contributed by atoms with E-state index in [0.717, 1.165) is 67.6 Å². The number of pyridine rings is 1. The summed E-state index contributed by atoms with van der Waals surface area (Å²) in [5, 5.41) is 11.1. The number of amides is 1. The number of hydrogen-bond acceptors (Lipinski definition) is 6. The minimum absolute atomic E-state index is 0.00667. The number of fused-ring (bicyclic) bond motifs is 2. The van der Waals surface area contributed by atoms with E-state index in [1.807, 2.05) is 28.8 Å². The van der Waals surface area contributed by atoms with Crippen LogP contribution in [0.15, 0.2) is 42.4 Å². The molecule has 1 amide bonds. The molecule has 8 nitrogen and oxygen atoms in total. The lowest BCUT2D eigenvalue weighted by Crippen LogP contribution is -2.44. The molecule has 0 radical (unpaired) electrons. The third-order valence-electron chi connectivity index (χ3n) is 7.36. The van der Waals surface area contributed by atoms with Crippen molar-refractivity contribution < 1.29 is 19.4 Å². The van der Waals surface area contributed by atoms with Crippen molar-refractivity contribution in [2.45, 2.75) is 25.7 Å². The van der Waals surface area contributed by atoms with Crippen molar-refractivity contribution in [1.29, 1.82) is 0 Å². The molecule has 2 saturated heterocycles. The molecule has 0 bridgehead atoms. The summed E-state index contributed by atoms with van der Waals surface area (Å²) in [4.78, 5) is 35.0. The van der Waals surface area contributed by atoms with Gasteiger partial charge >= 0.3 is 0 Å². The number of likely N-dealkylation sites (tertiary alicyclic amines) is 1. The van der Waals surface area contributed by atoms with Crippen LogP contribution in [0, 0.1) is 5.92 Å². The van der Waals surface area contributed by atoms with Gasteiger partial charge in [0.1, 0.15) is 22.7 Å². The maximum absolute atomic E-state index is 13.1. The van der Waals surface area contributed by atoms with Gasteiger partial charge in [-0.3, -0.25) is 9.59 Å². The molecule has 3 aliphatic heterocycles. The van der Waals surface area contributed by atoms with Crippen molar-refractivity contribution in [3.05, 3.63) is 53.5 Å². The molecule has 0 aliphatic carbocycles. The Morgan fingerprint density at radius 2 is 2.00 bits per heavy atom. The molecule has 1 unspecified atom stereocenters. The minimum Gasteiger partial charge on any atom is -0.507 e. The van der Waals surface area contributed by atoms with Crippen LogP contribution in [0.5, 0.6) is 11.5 Å². The van der Waals surface area contributed by atoms with Crippen LogP contribution in [0.1, 0.15) is 41.6 Å². The number of hydrogen-bond donors (Lipinski definition) is 1. The van der Waals surface area contributed by atoms with E-state index in [2.05, 4.69) is 9.88 Å². The highest BCUT2D eigenvalue weighted by Crippen LogP contribution is 2.39. The monoisotopic (exact) mass is 472 g/mol. The Bertz CT molecular complexity index is 1370. The van der Waals surface area contributed by atoms with Gasteiger partial charge in [-0.2, -0.15) is 0 Å². The summed E-state index contributed by atoms with van der Waals surface area (Å²) < 4.78 is 7.75. The SMILES string of the molecule is Cn1cc(C=C2Oc3cccc(O)c3C2=O)c2c(N3CCCC(C(=O)N4CCCC4)C3)ccnc21. The molecule has 5 heterocycles. The molecule has 0 saturated carbocycles. The number of aryl methyl sites for hydroxylation is 1. The first kappa shape index (κ1) is 21.7. The molecule has 6 rings (SSSR count). The third-order valence-corrected chi connectivity index (χ3v) is 7.36. The number of carbonyl (C=O) groups excluding carboxylic acids is 2. The Labute approximate surface area is 203 Å². The normalized spacial score (nSPS) is 21.1. The van der Waals surface area contributed by atoms with E-state index >= 15 is 0 Å². The van der Waals surface area contributed by atoms with Crippen molar-refractivity contribution in [2.75, 3.05) is 31.1 Å². The molecule has 8 heteroatoms. The fourth-order valence-electron chi connectivity index (χ4n) is 5.64. The average Bonchev–Trinajstić information content (AvgIpc) is 3.59. The van der Waals surface area contributed by atoms with E-state index in [1.165, 1.54) is 6.07 Å². The van der Waals surface area contributed by atoms with Gasteiger partial charge < -0.3 is 24.2 Å². The standard InChI is InChI=1S/C27H28N4O4/c1-29-15-18(14-22-25(33)24-20(32)7-4-8-21(24)35-22)23-19(9-10-28-26(23)29)31-13-5-6-17(16-31)27(34)30-11-2-3-12-30/h4,7-10,14-15,17,32H,2-3,5-6,11-13,16H2,1H3. The summed E-state index contributed by atoms with van der Waals surface area (Å²) in [6, 6.07) is 6.81. The van der Waals surface area contributed by atoms with Crippen LogP contribution in [0.2, 0.25) is 0 Å². The average molecular weight is 473 g/mol. The van der Waals surface area contributed by atoms with Gasteiger partial charge in [-0.15, -0.1) is 0 Å². The number of ketones is 1. The van der Waals surface area contributed by atoms with Crippen LogP contribution in [0.3, 0.4) is 0 Å². The highest BCUT2D eigenvalue weighted by Gasteiger charge is 2.33. The number of ether oxygens (including phenoxy) is 1. The molecule has 180 valence electrons. The van der Waals surface area contributed by atoms with Gasteiger partial charge in [-0.1, -0.05) is 6.07 Å². The van der Waals surface area contributed by atoms with Crippen molar-refractivity contribution in [2.24, 2.45) is 13.0 Å². The first-order valence-electron chi connectivity index (χ1n) is 12.3. The largest absolute Gasteiger partial charge is 0.507 e. The first-order chi connectivity index (χ1) is 17.0. The van der Waals surface area contributed by atoms with Gasteiger partial charge in [0.15, 0.2) is 5.76 Å². The number of benzene rings is 1. The number of piperidine rings is 1. The number of phenols is 1. The van der Waals surface area contributed by atoms with Crippen LogP contribution in [0.4, 0.5) is 5.69 Å². The van der Waals surface area contributed by atoms with E-state index in [-0.39, 0.29) is 34.7 Å². The number of aromatic nitrogens is 2. The minimum atomic E-state index is -0.338. The number of aromatic hydroxyl groups is 1. The molecular formula is C27H28N4O4. The van der Waals surface area contributed by atoms with E-state index in [1.54, 1.807) is 24.4 Å². The highest BCUT2D eigenvalue weighted by molar-refractivity contribution is 6.17. The van der Waals surface area contributed by atoms with E-state index < -0.39 is 0 Å². The number of phenolic OH excluding ortho intramolecular Hbond substituents is 1. The molecule has 0 spiro atoms. The maximum Gasteiger partial charge on any atom is 0.235 e. The fourth-order valence-corrected chi connectivity index (χ4v) is 5.64. The molecule has 3 aromatic rings. The number of anilines is 1. The zero-order chi connectivity index (χ0) is 24.1. The second-order valence-electron chi connectivity index (χ2n) is 9.63. The van der Waals surface area contributed by atoms with Gasteiger partial charge in [0.05, 0.1) is 5.92 Å². The van der Waals surface area contributed by atoms with Gasteiger partial charge in [0.25, 0.3) is 0 Å². The van der Waals surface area contributed by atoms with Crippen LogP contribution in [0.25, 0.3) is 17.1 Å². The number of Topliss-reactive ketones (excluding diaryl/α,β-unsaturated/α-hetero) is 1. The van der Waals surface area contributed by atoms with Crippen molar-refractivity contribution in [3.8, 4) is 11.5 Å². The Kier molecular flexibility index (Phi) is 5.24. The van der Waals surface area contributed by atoms with Crippen LogP contribution >= 0.6 is 0 Å². The van der Waals surface area contributed by atoms with Crippen molar-refractivity contribution in [3.63, 3.8) is 0 Å². The predicted octanol–water partition coefficient (Wildman–Crippen LogP) is 3.73. The molecule has 1 aromatic carbocycles. The summed E-state index contributed by atoms with van der Waals surface area (Å²) >= 11 is 0. The summed E-state index contributed by atoms with van der Waals surface area (Å²) in [5.74, 6) is 0.375. The molecule has 2 aromatic heterocycles. The van der Waals surface area contributed by atoms with Crippen LogP contribution < -0.4 is 9.64 Å². The Balaban J connectivity index is 1.36. The van der Waals surface area contributed by atoms with Crippen LogP contribution in [-0.4, -0.2) is 57.4 Å². The van der Waals surface area contributed by atoms with Gasteiger partial charge in [-0.25, -0.2) is 4.98 Å². The summed E-state index contributed by atoms with van der Waals surface area (Å²) in [6.07, 6.45) is 9.51. The molecule has 35 heavy (non-hydrogen) atoms. The van der Waals surface area contributed by atoms with E-state index in [9.17, 15) is 14.7 Å². The Hall–Kier alpha value is -3.81. The predicted molar refractivity (Wildman–Crippen MR) is 133 cm³/mol. The van der Waals surface area contributed by atoms with Gasteiger partial charge in [-0.05, 0) is 50.0 Å². The van der Waals surface area contributed by atoms with E-state index in [0.29, 0.717) is 12.3 Å². The van der Waals surface area contributed by atoms with Crippen LogP contribution in [-0.2, 0) is 11.8 Å². The quantitative estimate of drug-likeness (QED) is 0.585. The lowest BCUT2D eigenvalue weighted by atomic mass is 9.95. The molecule has 1 N–H and O–H groups in total. The molecule has 2 fully saturated rings. The zero-order valence-electron chi connectivity index (χ0n) is 19.7. The molecular weight excluding hydrogens is 444 g/mol. The summed E-state index contributed by atoms with van der Waals surface area (Å²) in [7, 11) is 1.93.